The molecule has 1 rings (SSSR count). The molecule has 4 heteroatoms. The SMILES string of the molecule is CC(C)c1cc(F)c(C=NO)c(Br)c1. The number of rotatable bonds is 2. The lowest BCUT2D eigenvalue weighted by molar-refractivity contribution is 0.321. The quantitative estimate of drug-likeness (QED) is 0.492. The van der Waals surface area contributed by atoms with Crippen LogP contribution in [0.15, 0.2) is 21.8 Å². The van der Waals surface area contributed by atoms with Gasteiger partial charge in [-0.25, -0.2) is 4.39 Å². The van der Waals surface area contributed by atoms with Crippen molar-refractivity contribution in [1.82, 2.24) is 0 Å². The molecule has 76 valence electrons. The summed E-state index contributed by atoms with van der Waals surface area (Å²) in [7, 11) is 0. The molecule has 0 aliphatic heterocycles. The van der Waals surface area contributed by atoms with Crippen LogP contribution in [-0.4, -0.2) is 11.4 Å². The Labute approximate surface area is 90.6 Å². The molecule has 0 aliphatic carbocycles. The first kappa shape index (κ1) is 11.2. The maximum atomic E-state index is 13.4. The fourth-order valence-corrected chi connectivity index (χ4v) is 1.67. The summed E-state index contributed by atoms with van der Waals surface area (Å²) >= 11 is 3.22. The Kier molecular flexibility index (Phi) is 3.63. The lowest BCUT2D eigenvalue weighted by Crippen LogP contribution is -1.95. The van der Waals surface area contributed by atoms with Crippen molar-refractivity contribution >= 4 is 22.1 Å². The van der Waals surface area contributed by atoms with Crippen LogP contribution in [0.25, 0.3) is 0 Å². The van der Waals surface area contributed by atoms with Gasteiger partial charge in [0.25, 0.3) is 0 Å². The van der Waals surface area contributed by atoms with Gasteiger partial charge in [0.2, 0.25) is 0 Å². The minimum Gasteiger partial charge on any atom is -0.411 e. The molecule has 0 spiro atoms. The zero-order valence-corrected chi connectivity index (χ0v) is 9.55. The maximum absolute atomic E-state index is 13.4. The number of hydrogen-bond acceptors (Lipinski definition) is 2. The first-order valence-corrected chi connectivity index (χ1v) is 5.02. The molecule has 0 fully saturated rings. The molecule has 0 atom stereocenters. The van der Waals surface area contributed by atoms with Gasteiger partial charge in [0, 0.05) is 10.0 Å². The number of halogens is 2. The Morgan fingerprint density at radius 3 is 2.57 bits per heavy atom. The van der Waals surface area contributed by atoms with Gasteiger partial charge in [-0.2, -0.15) is 0 Å². The van der Waals surface area contributed by atoms with Crippen LogP contribution in [0.5, 0.6) is 0 Å². The highest BCUT2D eigenvalue weighted by atomic mass is 79.9. The fraction of sp³-hybridized carbons (Fsp3) is 0.300. The molecule has 1 N–H and O–H groups in total. The molecule has 0 saturated heterocycles. The number of nitrogens with zero attached hydrogens (tertiary/aromatic N) is 1. The monoisotopic (exact) mass is 259 g/mol. The lowest BCUT2D eigenvalue weighted by Gasteiger charge is -2.08. The normalized spacial score (nSPS) is 11.5. The highest BCUT2D eigenvalue weighted by molar-refractivity contribution is 9.10. The summed E-state index contributed by atoms with van der Waals surface area (Å²) in [6.07, 6.45) is 1.07. The minimum absolute atomic E-state index is 0.261. The third-order valence-electron chi connectivity index (χ3n) is 1.95. The van der Waals surface area contributed by atoms with Crippen LogP contribution in [0.2, 0.25) is 0 Å². The van der Waals surface area contributed by atoms with Gasteiger partial charge in [-0.3, -0.25) is 0 Å². The van der Waals surface area contributed by atoms with Crippen molar-refractivity contribution < 1.29 is 9.60 Å². The fourth-order valence-electron chi connectivity index (χ4n) is 1.12. The van der Waals surface area contributed by atoms with E-state index in [1.54, 1.807) is 0 Å². The Morgan fingerprint density at radius 1 is 1.50 bits per heavy atom. The first-order chi connectivity index (χ1) is 6.56. The molecule has 0 radical (unpaired) electrons. The zero-order valence-electron chi connectivity index (χ0n) is 7.96. The van der Waals surface area contributed by atoms with E-state index in [1.165, 1.54) is 6.07 Å². The smallest absolute Gasteiger partial charge is 0.133 e. The predicted molar refractivity (Wildman–Crippen MR) is 57.6 cm³/mol. The van der Waals surface area contributed by atoms with Crippen molar-refractivity contribution in [3.63, 3.8) is 0 Å². The number of hydrogen-bond donors (Lipinski definition) is 1. The van der Waals surface area contributed by atoms with Gasteiger partial charge in [-0.05, 0) is 23.6 Å². The van der Waals surface area contributed by atoms with Crippen molar-refractivity contribution in [3.05, 3.63) is 33.5 Å². The molecule has 0 bridgehead atoms. The second-order valence-electron chi connectivity index (χ2n) is 3.30. The lowest BCUT2D eigenvalue weighted by atomic mass is 10.0. The van der Waals surface area contributed by atoms with Crippen molar-refractivity contribution in [3.8, 4) is 0 Å². The van der Waals surface area contributed by atoms with E-state index < -0.39 is 0 Å². The Morgan fingerprint density at radius 2 is 2.14 bits per heavy atom. The Bertz CT molecular complexity index is 340. The van der Waals surface area contributed by atoms with Crippen LogP contribution < -0.4 is 0 Å². The molecule has 1 aromatic rings. The van der Waals surface area contributed by atoms with Crippen LogP contribution in [0.1, 0.15) is 30.9 Å². The van der Waals surface area contributed by atoms with Gasteiger partial charge in [0.15, 0.2) is 0 Å². The first-order valence-electron chi connectivity index (χ1n) is 4.22. The molecule has 0 saturated carbocycles. The van der Waals surface area contributed by atoms with E-state index >= 15 is 0 Å². The van der Waals surface area contributed by atoms with Crippen molar-refractivity contribution in [2.24, 2.45) is 5.16 Å². The van der Waals surface area contributed by atoms with Crippen LogP contribution >= 0.6 is 15.9 Å². The summed E-state index contributed by atoms with van der Waals surface area (Å²) in [6.45, 7) is 3.97. The molecule has 1 aromatic carbocycles. The average molecular weight is 260 g/mol. The highest BCUT2D eigenvalue weighted by Gasteiger charge is 2.09. The largest absolute Gasteiger partial charge is 0.411 e. The average Bonchev–Trinajstić information content (AvgIpc) is 2.10. The molecule has 2 nitrogen and oxygen atoms in total. The summed E-state index contributed by atoms with van der Waals surface area (Å²) in [5.41, 5.74) is 1.17. The second-order valence-corrected chi connectivity index (χ2v) is 4.15. The predicted octanol–water partition coefficient (Wildman–Crippen LogP) is 3.52. The van der Waals surface area contributed by atoms with Crippen LogP contribution in [-0.2, 0) is 0 Å². The molecule has 0 aliphatic rings. The van der Waals surface area contributed by atoms with E-state index in [-0.39, 0.29) is 17.3 Å². The van der Waals surface area contributed by atoms with Crippen LogP contribution in [0.4, 0.5) is 4.39 Å². The minimum atomic E-state index is -0.388. The standard InChI is InChI=1S/C10H11BrFNO/c1-6(2)7-3-9(11)8(5-13-14)10(12)4-7/h3-6,14H,1-2H3. The van der Waals surface area contributed by atoms with Gasteiger partial charge in [-0.1, -0.05) is 34.9 Å². The van der Waals surface area contributed by atoms with Gasteiger partial charge in [0.1, 0.15) is 5.82 Å². The Balaban J connectivity index is 3.25. The molecule has 0 heterocycles. The molecule has 0 amide bonds. The summed E-state index contributed by atoms with van der Waals surface area (Å²) in [5, 5.41) is 11.1. The van der Waals surface area contributed by atoms with Crippen molar-refractivity contribution in [2.45, 2.75) is 19.8 Å². The summed E-state index contributed by atoms with van der Waals surface area (Å²) in [4.78, 5) is 0. The van der Waals surface area contributed by atoms with E-state index in [0.29, 0.717) is 4.47 Å². The topological polar surface area (TPSA) is 32.6 Å². The highest BCUT2D eigenvalue weighted by Crippen LogP contribution is 2.24. The number of benzene rings is 1. The van der Waals surface area contributed by atoms with Gasteiger partial charge < -0.3 is 5.21 Å². The molecule has 0 aromatic heterocycles. The second kappa shape index (κ2) is 4.55. The summed E-state index contributed by atoms with van der Waals surface area (Å²) in [6, 6.07) is 3.28. The van der Waals surface area contributed by atoms with Crippen molar-refractivity contribution in [1.29, 1.82) is 0 Å². The zero-order chi connectivity index (χ0) is 10.7. The van der Waals surface area contributed by atoms with E-state index in [9.17, 15) is 4.39 Å². The van der Waals surface area contributed by atoms with E-state index in [1.807, 2.05) is 19.9 Å². The van der Waals surface area contributed by atoms with Gasteiger partial charge in [-0.15, -0.1) is 0 Å². The summed E-state index contributed by atoms with van der Waals surface area (Å²) < 4.78 is 14.0. The van der Waals surface area contributed by atoms with Crippen LogP contribution in [0.3, 0.4) is 0 Å². The maximum Gasteiger partial charge on any atom is 0.133 e. The third kappa shape index (κ3) is 2.32. The van der Waals surface area contributed by atoms with E-state index in [0.717, 1.165) is 11.8 Å². The molecular formula is C10H11BrFNO. The molecular weight excluding hydrogens is 249 g/mol. The third-order valence-corrected chi connectivity index (χ3v) is 2.61. The number of oxime groups is 1. The molecule has 0 unspecified atom stereocenters. The molecule has 14 heavy (non-hydrogen) atoms. The van der Waals surface area contributed by atoms with Crippen molar-refractivity contribution in [2.75, 3.05) is 0 Å². The van der Waals surface area contributed by atoms with E-state index in [2.05, 4.69) is 21.1 Å². The summed E-state index contributed by atoms with van der Waals surface area (Å²) in [5.74, 6) is -0.123. The van der Waals surface area contributed by atoms with Gasteiger partial charge in [0.05, 0.1) is 6.21 Å². The van der Waals surface area contributed by atoms with Gasteiger partial charge >= 0.3 is 0 Å². The van der Waals surface area contributed by atoms with E-state index in [4.69, 9.17) is 5.21 Å². The Hall–Kier alpha value is -0.900. The van der Waals surface area contributed by atoms with Crippen LogP contribution in [0, 0.1) is 5.82 Å².